The van der Waals surface area contributed by atoms with Gasteiger partial charge in [-0.3, -0.25) is 4.39 Å². The Morgan fingerprint density at radius 3 is 2.78 bits per heavy atom. The van der Waals surface area contributed by atoms with Gasteiger partial charge in [0.15, 0.2) is 17.4 Å². The average molecular weight is 448 g/mol. The smallest absolute Gasteiger partial charge is 0.228 e. The van der Waals surface area contributed by atoms with Crippen molar-refractivity contribution in [2.24, 2.45) is 5.92 Å². The number of ether oxygens (including phenoxy) is 1. The summed E-state index contributed by atoms with van der Waals surface area (Å²) in [7, 11) is 0. The van der Waals surface area contributed by atoms with Crippen molar-refractivity contribution in [2.75, 3.05) is 30.8 Å². The summed E-state index contributed by atoms with van der Waals surface area (Å²) in [6.45, 7) is 0.846. The third-order valence-electron chi connectivity index (χ3n) is 5.06. The zero-order valence-electron chi connectivity index (χ0n) is 16.8. The largest absolute Gasteiger partial charge is 0.435 e. The molecule has 32 heavy (non-hydrogen) atoms. The van der Waals surface area contributed by atoms with E-state index in [0.29, 0.717) is 42.8 Å². The predicted molar refractivity (Wildman–Crippen MR) is 110 cm³/mol. The van der Waals surface area contributed by atoms with E-state index < -0.39 is 35.6 Å². The molecule has 3 heterocycles. The van der Waals surface area contributed by atoms with Gasteiger partial charge in [0.1, 0.15) is 5.69 Å². The summed E-state index contributed by atoms with van der Waals surface area (Å²) < 4.78 is 60.2. The highest BCUT2D eigenvalue weighted by atomic mass is 19.2. The van der Waals surface area contributed by atoms with Crippen LogP contribution >= 0.6 is 0 Å². The minimum atomic E-state index is -1.54. The first-order chi connectivity index (χ1) is 15.5. The van der Waals surface area contributed by atoms with Crippen molar-refractivity contribution in [1.82, 2.24) is 20.3 Å². The molecule has 0 amide bonds. The van der Waals surface area contributed by atoms with Crippen molar-refractivity contribution in [2.45, 2.75) is 12.5 Å². The number of hydrogen-bond acceptors (Lipinski definition) is 7. The highest BCUT2D eigenvalue weighted by molar-refractivity contribution is 5.66. The zero-order valence-corrected chi connectivity index (χ0v) is 16.8. The molecule has 1 fully saturated rings. The van der Waals surface area contributed by atoms with Gasteiger partial charge in [-0.25, -0.2) is 23.7 Å². The lowest BCUT2D eigenvalue weighted by Gasteiger charge is -2.29. The van der Waals surface area contributed by atoms with Crippen LogP contribution in [0.2, 0.25) is 0 Å². The number of hydrogen-bond donors (Lipinski definition) is 3. The Morgan fingerprint density at radius 1 is 1.12 bits per heavy atom. The Hall–Kier alpha value is -3.47. The number of benzene rings is 1. The summed E-state index contributed by atoms with van der Waals surface area (Å²) in [6.07, 6.45) is 3.52. The van der Waals surface area contributed by atoms with Gasteiger partial charge in [-0.2, -0.15) is 4.39 Å². The molecule has 4 rings (SSSR count). The highest BCUT2D eigenvalue weighted by Gasteiger charge is 2.23. The van der Waals surface area contributed by atoms with Crippen LogP contribution in [0, 0.1) is 23.4 Å². The minimum Gasteiger partial charge on any atom is -0.435 e. The number of nitrogens with two attached hydrogens (primary N) is 1. The molecule has 0 saturated carbocycles. The SMILES string of the molecule is Nc1c(F)cc(Oc2ncccc2-c2ccnc(NC3CNCC(CF)C3)n2)c(F)c1F. The van der Waals surface area contributed by atoms with Crippen LogP contribution in [-0.4, -0.2) is 40.8 Å². The maximum absolute atomic E-state index is 14.2. The first-order valence-corrected chi connectivity index (χ1v) is 9.88. The third-order valence-corrected chi connectivity index (χ3v) is 5.06. The van der Waals surface area contributed by atoms with Crippen molar-refractivity contribution in [3.63, 3.8) is 0 Å². The molecule has 0 radical (unpaired) electrons. The summed E-state index contributed by atoms with van der Waals surface area (Å²) in [5, 5.41) is 6.33. The quantitative estimate of drug-likeness (QED) is 0.301. The van der Waals surface area contributed by atoms with Gasteiger partial charge >= 0.3 is 0 Å². The summed E-state index contributed by atoms with van der Waals surface area (Å²) in [5.41, 5.74) is 4.96. The lowest BCUT2D eigenvalue weighted by molar-refractivity contribution is 0.282. The van der Waals surface area contributed by atoms with E-state index in [4.69, 9.17) is 10.5 Å². The molecule has 1 aliphatic heterocycles. The van der Waals surface area contributed by atoms with Gasteiger partial charge in [-0.15, -0.1) is 0 Å². The molecular formula is C21H20F4N6O. The molecule has 168 valence electrons. The van der Waals surface area contributed by atoms with E-state index in [1.807, 2.05) is 0 Å². The fourth-order valence-electron chi connectivity index (χ4n) is 3.45. The molecule has 2 aromatic heterocycles. The summed E-state index contributed by atoms with van der Waals surface area (Å²) >= 11 is 0. The molecule has 7 nitrogen and oxygen atoms in total. The molecule has 4 N–H and O–H groups in total. The molecule has 0 spiro atoms. The topological polar surface area (TPSA) is 98.0 Å². The van der Waals surface area contributed by atoms with Crippen LogP contribution in [0.4, 0.5) is 29.2 Å². The van der Waals surface area contributed by atoms with Gasteiger partial charge in [0.05, 0.1) is 17.9 Å². The summed E-state index contributed by atoms with van der Waals surface area (Å²) in [6, 6.07) is 5.39. The van der Waals surface area contributed by atoms with Gasteiger partial charge in [0.25, 0.3) is 0 Å². The first-order valence-electron chi connectivity index (χ1n) is 9.88. The lowest BCUT2D eigenvalue weighted by atomic mass is 9.97. The average Bonchev–Trinajstić information content (AvgIpc) is 2.82. The van der Waals surface area contributed by atoms with Crippen LogP contribution in [0.15, 0.2) is 36.7 Å². The predicted octanol–water partition coefficient (Wildman–Crippen LogP) is 3.69. The molecule has 3 aromatic rings. The molecular weight excluding hydrogens is 428 g/mol. The van der Waals surface area contributed by atoms with Crippen LogP contribution in [0.3, 0.4) is 0 Å². The van der Waals surface area contributed by atoms with Crippen molar-refractivity contribution in [3.8, 4) is 22.9 Å². The number of halogens is 4. The fourth-order valence-corrected chi connectivity index (χ4v) is 3.45. The van der Waals surface area contributed by atoms with Crippen LogP contribution in [0.5, 0.6) is 11.6 Å². The van der Waals surface area contributed by atoms with Gasteiger partial charge in [0.2, 0.25) is 17.6 Å². The number of nitrogens with zero attached hydrogens (tertiary/aromatic N) is 3. The zero-order chi connectivity index (χ0) is 22.7. The van der Waals surface area contributed by atoms with Gasteiger partial charge < -0.3 is 21.1 Å². The van der Waals surface area contributed by atoms with E-state index in [1.54, 1.807) is 18.2 Å². The molecule has 2 atom stereocenters. The monoisotopic (exact) mass is 448 g/mol. The standard InChI is InChI=1S/C21H20F4N6O/c22-8-11-6-12(10-27-9-11)30-21-29-5-3-15(31-21)13-2-1-4-28-20(13)32-16-7-14(23)19(26)18(25)17(16)24/h1-5,7,11-12,27H,6,8-10,26H2,(H,29,30,31). The van der Waals surface area contributed by atoms with Gasteiger partial charge in [-0.1, -0.05) is 0 Å². The number of alkyl halides is 1. The molecule has 0 bridgehead atoms. The van der Waals surface area contributed by atoms with Crippen LogP contribution in [-0.2, 0) is 0 Å². The molecule has 11 heteroatoms. The molecule has 1 aromatic carbocycles. The van der Waals surface area contributed by atoms with Crippen LogP contribution in [0.25, 0.3) is 11.3 Å². The van der Waals surface area contributed by atoms with E-state index in [2.05, 4.69) is 25.6 Å². The molecule has 1 aliphatic rings. The van der Waals surface area contributed by atoms with E-state index in [-0.39, 0.29) is 17.8 Å². The second-order valence-corrected chi connectivity index (χ2v) is 7.38. The molecule has 1 saturated heterocycles. The Balaban J connectivity index is 1.60. The van der Waals surface area contributed by atoms with Crippen molar-refractivity contribution in [3.05, 3.63) is 54.1 Å². The lowest BCUT2D eigenvalue weighted by Crippen LogP contribution is -2.44. The number of aromatic nitrogens is 3. The van der Waals surface area contributed by atoms with E-state index >= 15 is 0 Å². The first kappa shape index (κ1) is 21.8. The second kappa shape index (κ2) is 9.35. The number of piperidine rings is 1. The van der Waals surface area contributed by atoms with E-state index in [0.717, 1.165) is 0 Å². The Morgan fingerprint density at radius 2 is 1.97 bits per heavy atom. The number of anilines is 2. The number of nitrogens with one attached hydrogen (secondary N) is 2. The number of pyridine rings is 1. The van der Waals surface area contributed by atoms with Crippen molar-refractivity contribution < 1.29 is 22.3 Å². The molecule has 2 unspecified atom stereocenters. The summed E-state index contributed by atoms with van der Waals surface area (Å²) in [5.74, 6) is -4.73. The molecule has 0 aliphatic carbocycles. The normalized spacial score (nSPS) is 18.4. The Bertz CT molecular complexity index is 1120. The van der Waals surface area contributed by atoms with Gasteiger partial charge in [0, 0.05) is 43.5 Å². The van der Waals surface area contributed by atoms with Crippen molar-refractivity contribution in [1.29, 1.82) is 0 Å². The number of nitrogen functional groups attached to an aromatic ring is 1. The van der Waals surface area contributed by atoms with Gasteiger partial charge in [-0.05, 0) is 24.6 Å². The fraction of sp³-hybridized carbons (Fsp3) is 0.286. The van der Waals surface area contributed by atoms with E-state index in [9.17, 15) is 17.6 Å². The number of rotatable bonds is 6. The van der Waals surface area contributed by atoms with Crippen LogP contribution < -0.4 is 21.1 Å². The third kappa shape index (κ3) is 4.57. The minimum absolute atomic E-state index is 0.0563. The highest BCUT2D eigenvalue weighted by Crippen LogP contribution is 2.34. The Labute approximate surface area is 181 Å². The van der Waals surface area contributed by atoms with Crippen LogP contribution in [0.1, 0.15) is 6.42 Å². The van der Waals surface area contributed by atoms with E-state index in [1.165, 1.54) is 12.4 Å². The maximum Gasteiger partial charge on any atom is 0.228 e. The maximum atomic E-state index is 14.2. The Kier molecular flexibility index (Phi) is 6.35. The summed E-state index contributed by atoms with van der Waals surface area (Å²) in [4.78, 5) is 12.7. The van der Waals surface area contributed by atoms with Crippen molar-refractivity contribution >= 4 is 11.6 Å². The second-order valence-electron chi connectivity index (χ2n) is 7.38.